The molecule has 0 aliphatic rings. The van der Waals surface area contributed by atoms with Crippen LogP contribution in [0.1, 0.15) is 5.69 Å². The Morgan fingerprint density at radius 2 is 2.08 bits per heavy atom. The van der Waals surface area contributed by atoms with E-state index in [-0.39, 0.29) is 0 Å². The van der Waals surface area contributed by atoms with Crippen LogP contribution >= 0.6 is 11.6 Å². The molecule has 0 bridgehead atoms. The molecule has 0 spiro atoms. The van der Waals surface area contributed by atoms with Crippen LogP contribution in [0.25, 0.3) is 11.0 Å². The summed E-state index contributed by atoms with van der Waals surface area (Å²) in [7, 11) is 0. The number of halogens is 1. The summed E-state index contributed by atoms with van der Waals surface area (Å²) >= 11 is 5.77. The third-order valence-corrected chi connectivity index (χ3v) is 1.86. The molecule has 0 N–H and O–H groups in total. The highest BCUT2D eigenvalue weighted by Gasteiger charge is 1.99. The minimum atomic E-state index is 0.611. The third-order valence-electron chi connectivity index (χ3n) is 1.65. The zero-order valence-electron chi connectivity index (χ0n) is 6.45. The topological polar surface area (TPSA) is 38.7 Å². The zero-order chi connectivity index (χ0) is 8.55. The van der Waals surface area contributed by atoms with Crippen molar-refractivity contribution in [2.75, 3.05) is 0 Å². The summed E-state index contributed by atoms with van der Waals surface area (Å²) in [5, 5.41) is 1.52. The maximum atomic E-state index is 5.77. The highest BCUT2D eigenvalue weighted by Crippen LogP contribution is 2.16. The second-order valence-corrected chi connectivity index (χ2v) is 2.92. The first-order valence-electron chi connectivity index (χ1n) is 3.50. The summed E-state index contributed by atoms with van der Waals surface area (Å²) in [6.07, 6.45) is 3.08. The Kier molecular flexibility index (Phi) is 1.66. The third kappa shape index (κ3) is 1.12. The van der Waals surface area contributed by atoms with Crippen LogP contribution in [0.2, 0.25) is 5.02 Å². The summed E-state index contributed by atoms with van der Waals surface area (Å²) in [5.41, 5.74) is 1.59. The first kappa shape index (κ1) is 7.43. The van der Waals surface area contributed by atoms with E-state index < -0.39 is 0 Å². The predicted octanol–water partition coefficient (Wildman–Crippen LogP) is 1.99. The Labute approximate surface area is 74.4 Å². The Morgan fingerprint density at radius 1 is 1.25 bits per heavy atom. The van der Waals surface area contributed by atoms with Crippen molar-refractivity contribution in [2.24, 2.45) is 0 Å². The second-order valence-electron chi connectivity index (χ2n) is 2.48. The van der Waals surface area contributed by atoms with E-state index in [1.54, 1.807) is 6.20 Å². The maximum absolute atomic E-state index is 5.77. The second kappa shape index (κ2) is 2.68. The summed E-state index contributed by atoms with van der Waals surface area (Å²) in [6, 6.07) is 1.82. The molecule has 2 rings (SSSR count). The Morgan fingerprint density at radius 3 is 2.92 bits per heavy atom. The van der Waals surface area contributed by atoms with Gasteiger partial charge in [-0.2, -0.15) is 0 Å². The van der Waals surface area contributed by atoms with Gasteiger partial charge in [-0.15, -0.1) is 0 Å². The lowest BCUT2D eigenvalue weighted by molar-refractivity contribution is 1.13. The fourth-order valence-electron chi connectivity index (χ4n) is 1.04. The van der Waals surface area contributed by atoms with Crippen LogP contribution in [-0.4, -0.2) is 15.0 Å². The predicted molar refractivity (Wildman–Crippen MR) is 47.1 cm³/mol. The van der Waals surface area contributed by atoms with Gasteiger partial charge >= 0.3 is 0 Å². The van der Waals surface area contributed by atoms with E-state index in [1.165, 1.54) is 6.33 Å². The number of aromatic nitrogens is 3. The normalized spacial score (nSPS) is 10.5. The number of pyridine rings is 1. The van der Waals surface area contributed by atoms with Gasteiger partial charge in [0.1, 0.15) is 6.33 Å². The van der Waals surface area contributed by atoms with Crippen molar-refractivity contribution in [1.29, 1.82) is 0 Å². The van der Waals surface area contributed by atoms with Gasteiger partial charge in [-0.3, -0.25) is 0 Å². The molecule has 2 heterocycles. The van der Waals surface area contributed by atoms with Gasteiger partial charge in [-0.05, 0) is 13.0 Å². The number of rotatable bonds is 0. The molecule has 0 atom stereocenters. The molecule has 3 nitrogen and oxygen atoms in total. The van der Waals surface area contributed by atoms with Crippen LogP contribution in [0, 0.1) is 6.92 Å². The summed E-state index contributed by atoms with van der Waals surface area (Å²) in [6.45, 7) is 1.90. The number of hydrogen-bond donors (Lipinski definition) is 0. The molecule has 2 aromatic rings. The van der Waals surface area contributed by atoms with Gasteiger partial charge in [0.05, 0.1) is 10.7 Å². The van der Waals surface area contributed by atoms with Gasteiger partial charge < -0.3 is 0 Å². The molecule has 4 heteroatoms. The van der Waals surface area contributed by atoms with Gasteiger partial charge in [0.15, 0.2) is 5.65 Å². The fourth-order valence-corrected chi connectivity index (χ4v) is 1.20. The average molecular weight is 180 g/mol. The molecule has 0 fully saturated rings. The SMILES string of the molecule is Cc1ncnc2ncc(Cl)cc12. The molecule has 0 amide bonds. The maximum Gasteiger partial charge on any atom is 0.162 e. The van der Waals surface area contributed by atoms with Crippen LogP contribution in [0.5, 0.6) is 0 Å². The van der Waals surface area contributed by atoms with Crippen LogP contribution in [0.3, 0.4) is 0 Å². The molecule has 60 valence electrons. The monoisotopic (exact) mass is 179 g/mol. The zero-order valence-corrected chi connectivity index (χ0v) is 7.21. The van der Waals surface area contributed by atoms with E-state index in [1.807, 2.05) is 13.0 Å². The van der Waals surface area contributed by atoms with Gasteiger partial charge in [0.25, 0.3) is 0 Å². The summed E-state index contributed by atoms with van der Waals surface area (Å²) in [5.74, 6) is 0. The van der Waals surface area contributed by atoms with E-state index in [9.17, 15) is 0 Å². The van der Waals surface area contributed by atoms with Gasteiger partial charge in [-0.1, -0.05) is 11.6 Å². The van der Waals surface area contributed by atoms with Gasteiger partial charge in [0, 0.05) is 11.6 Å². The molecule has 2 aromatic heterocycles. The number of aryl methyl sites for hydroxylation is 1. The first-order chi connectivity index (χ1) is 5.77. The molecular weight excluding hydrogens is 174 g/mol. The lowest BCUT2D eigenvalue weighted by atomic mass is 10.2. The largest absolute Gasteiger partial charge is 0.241 e. The molecule has 12 heavy (non-hydrogen) atoms. The molecule has 0 saturated heterocycles. The van der Waals surface area contributed by atoms with Crippen molar-refractivity contribution >= 4 is 22.6 Å². The Balaban J connectivity index is 2.88. The van der Waals surface area contributed by atoms with Gasteiger partial charge in [0.2, 0.25) is 0 Å². The standard InChI is InChI=1S/C8H6ClN3/c1-5-7-2-6(9)3-10-8(7)12-4-11-5/h2-4H,1H3. The minimum Gasteiger partial charge on any atom is -0.241 e. The molecule has 0 aliphatic carbocycles. The van der Waals surface area contributed by atoms with Crippen molar-refractivity contribution in [3.63, 3.8) is 0 Å². The van der Waals surface area contributed by atoms with Crippen molar-refractivity contribution < 1.29 is 0 Å². The molecule has 0 aromatic carbocycles. The van der Waals surface area contributed by atoms with E-state index in [4.69, 9.17) is 11.6 Å². The lowest BCUT2D eigenvalue weighted by Crippen LogP contribution is -1.89. The highest BCUT2D eigenvalue weighted by molar-refractivity contribution is 6.31. The Bertz CT molecular complexity index is 428. The lowest BCUT2D eigenvalue weighted by Gasteiger charge is -1.98. The number of nitrogens with zero attached hydrogens (tertiary/aromatic N) is 3. The van der Waals surface area contributed by atoms with Crippen molar-refractivity contribution in [1.82, 2.24) is 15.0 Å². The highest BCUT2D eigenvalue weighted by atomic mass is 35.5. The van der Waals surface area contributed by atoms with Crippen LogP contribution in [0.4, 0.5) is 0 Å². The van der Waals surface area contributed by atoms with E-state index in [0.717, 1.165) is 11.1 Å². The smallest absolute Gasteiger partial charge is 0.162 e. The van der Waals surface area contributed by atoms with Crippen LogP contribution in [0.15, 0.2) is 18.6 Å². The van der Waals surface area contributed by atoms with Crippen molar-refractivity contribution in [2.45, 2.75) is 6.92 Å². The van der Waals surface area contributed by atoms with Crippen molar-refractivity contribution in [3.8, 4) is 0 Å². The number of fused-ring (bicyclic) bond motifs is 1. The molecular formula is C8H6ClN3. The quantitative estimate of drug-likeness (QED) is 0.621. The molecule has 0 unspecified atom stereocenters. The molecule has 0 saturated carbocycles. The van der Waals surface area contributed by atoms with Crippen LogP contribution < -0.4 is 0 Å². The van der Waals surface area contributed by atoms with E-state index in [2.05, 4.69) is 15.0 Å². The van der Waals surface area contributed by atoms with E-state index >= 15 is 0 Å². The fraction of sp³-hybridized carbons (Fsp3) is 0.125. The summed E-state index contributed by atoms with van der Waals surface area (Å²) in [4.78, 5) is 12.1. The number of hydrogen-bond acceptors (Lipinski definition) is 3. The molecule has 0 aliphatic heterocycles. The Hall–Kier alpha value is -1.22. The van der Waals surface area contributed by atoms with Crippen molar-refractivity contribution in [3.05, 3.63) is 29.3 Å². The van der Waals surface area contributed by atoms with Crippen LogP contribution in [-0.2, 0) is 0 Å². The minimum absolute atomic E-state index is 0.611. The summed E-state index contributed by atoms with van der Waals surface area (Å²) < 4.78 is 0. The molecule has 0 radical (unpaired) electrons. The average Bonchev–Trinajstić information content (AvgIpc) is 2.07. The van der Waals surface area contributed by atoms with Gasteiger partial charge in [-0.25, -0.2) is 15.0 Å². The first-order valence-corrected chi connectivity index (χ1v) is 3.88. The van der Waals surface area contributed by atoms with E-state index in [0.29, 0.717) is 10.7 Å².